The van der Waals surface area contributed by atoms with E-state index in [-0.39, 0.29) is 0 Å². The fourth-order valence-electron chi connectivity index (χ4n) is 2.23. The first-order valence-electron chi connectivity index (χ1n) is 7.28. The minimum absolute atomic E-state index is 0.417. The van der Waals surface area contributed by atoms with Crippen molar-refractivity contribution < 1.29 is 0 Å². The number of imidazole rings is 1. The van der Waals surface area contributed by atoms with Gasteiger partial charge in [-0.15, -0.1) is 0 Å². The fraction of sp³-hybridized carbons (Fsp3) is 0.176. The molecule has 0 saturated carbocycles. The van der Waals surface area contributed by atoms with E-state index < -0.39 is 0 Å². The van der Waals surface area contributed by atoms with Crippen LogP contribution in [-0.4, -0.2) is 22.5 Å². The molecule has 0 saturated heterocycles. The van der Waals surface area contributed by atoms with Gasteiger partial charge in [-0.3, -0.25) is 4.99 Å². The third-order valence-corrected chi connectivity index (χ3v) is 3.39. The third-order valence-electron chi connectivity index (χ3n) is 3.39. The summed E-state index contributed by atoms with van der Waals surface area (Å²) in [7, 11) is 0. The van der Waals surface area contributed by atoms with Gasteiger partial charge in [0.15, 0.2) is 5.96 Å². The number of benzene rings is 2. The molecule has 0 aliphatic carbocycles. The molecule has 1 heterocycles. The Labute approximate surface area is 129 Å². The highest BCUT2D eigenvalue weighted by molar-refractivity contribution is 5.92. The normalized spacial score (nSPS) is 11.8. The van der Waals surface area contributed by atoms with Crippen LogP contribution >= 0.6 is 0 Å². The number of H-pyrrole nitrogens is 1. The minimum atomic E-state index is 0.417. The van der Waals surface area contributed by atoms with E-state index in [1.54, 1.807) is 0 Å². The lowest BCUT2D eigenvalue weighted by Gasteiger charge is -2.05. The number of aromatic amines is 1. The topological polar surface area (TPSA) is 79.1 Å². The molecule has 0 bridgehead atoms. The number of nitrogens with one attached hydrogen (secondary N) is 2. The number of aryl methyl sites for hydroxylation is 1. The summed E-state index contributed by atoms with van der Waals surface area (Å²) in [5.41, 5.74) is 10.1. The first kappa shape index (κ1) is 14.1. The van der Waals surface area contributed by atoms with Crippen molar-refractivity contribution in [2.45, 2.75) is 13.3 Å². The maximum atomic E-state index is 5.89. The van der Waals surface area contributed by atoms with E-state index in [1.165, 1.54) is 5.56 Å². The molecule has 5 nitrogen and oxygen atoms in total. The number of para-hydroxylation sites is 2. The Morgan fingerprint density at radius 3 is 2.73 bits per heavy atom. The van der Waals surface area contributed by atoms with Gasteiger partial charge in [0.1, 0.15) is 5.82 Å². The van der Waals surface area contributed by atoms with E-state index in [0.29, 0.717) is 12.5 Å². The first-order chi connectivity index (χ1) is 10.7. The lowest BCUT2D eigenvalue weighted by Crippen LogP contribution is -2.23. The summed E-state index contributed by atoms with van der Waals surface area (Å²) in [6, 6.07) is 16.0. The van der Waals surface area contributed by atoms with Crippen LogP contribution in [0.3, 0.4) is 0 Å². The van der Waals surface area contributed by atoms with Crippen molar-refractivity contribution in [2.24, 2.45) is 10.7 Å². The number of guanidine groups is 1. The van der Waals surface area contributed by atoms with Crippen molar-refractivity contribution in [3.05, 3.63) is 59.9 Å². The number of hydrogen-bond acceptors (Lipinski definition) is 2. The summed E-state index contributed by atoms with van der Waals surface area (Å²) in [6.45, 7) is 2.64. The maximum absolute atomic E-state index is 5.89. The van der Waals surface area contributed by atoms with Crippen LogP contribution in [0.25, 0.3) is 11.0 Å². The molecule has 4 N–H and O–H groups in total. The molecule has 1 aromatic heterocycles. The molecule has 3 rings (SSSR count). The van der Waals surface area contributed by atoms with E-state index in [2.05, 4.69) is 27.2 Å². The molecule has 2 aromatic carbocycles. The molecule has 0 atom stereocenters. The van der Waals surface area contributed by atoms with Crippen LogP contribution in [0.15, 0.2) is 53.5 Å². The molecule has 0 aliphatic rings. The van der Waals surface area contributed by atoms with Crippen molar-refractivity contribution in [1.82, 2.24) is 9.97 Å². The van der Waals surface area contributed by atoms with E-state index >= 15 is 0 Å². The molecule has 0 unspecified atom stereocenters. The standard InChI is InChI=1S/C17H19N5/c1-12-6-8-13(9-7-12)20-17(18)19-11-10-16-21-14-4-2-3-5-15(14)22-16/h2-9H,10-11H2,1H3,(H,21,22)(H3,18,19,20). The third kappa shape index (κ3) is 3.44. The number of hydrogen-bond donors (Lipinski definition) is 3. The second-order valence-corrected chi connectivity index (χ2v) is 5.21. The van der Waals surface area contributed by atoms with Crippen LogP contribution in [0.4, 0.5) is 5.69 Å². The fourth-order valence-corrected chi connectivity index (χ4v) is 2.23. The smallest absolute Gasteiger partial charge is 0.193 e. The van der Waals surface area contributed by atoms with Gasteiger partial charge >= 0.3 is 0 Å². The van der Waals surface area contributed by atoms with Crippen LogP contribution in [0.1, 0.15) is 11.4 Å². The minimum Gasteiger partial charge on any atom is -0.370 e. The summed E-state index contributed by atoms with van der Waals surface area (Å²) < 4.78 is 0. The van der Waals surface area contributed by atoms with Crippen molar-refractivity contribution in [1.29, 1.82) is 0 Å². The van der Waals surface area contributed by atoms with E-state index in [0.717, 1.165) is 29.0 Å². The van der Waals surface area contributed by atoms with Gasteiger partial charge in [0.05, 0.1) is 11.0 Å². The van der Waals surface area contributed by atoms with Crippen LogP contribution in [0.5, 0.6) is 0 Å². The number of anilines is 1. The van der Waals surface area contributed by atoms with Crippen LogP contribution in [-0.2, 0) is 6.42 Å². The lowest BCUT2D eigenvalue weighted by molar-refractivity contribution is 0.898. The maximum Gasteiger partial charge on any atom is 0.193 e. The predicted octanol–water partition coefficient (Wildman–Crippen LogP) is 2.84. The van der Waals surface area contributed by atoms with Gasteiger partial charge in [-0.05, 0) is 31.2 Å². The molecule has 0 radical (unpaired) electrons. The summed E-state index contributed by atoms with van der Waals surface area (Å²) in [5, 5.41) is 3.08. The summed E-state index contributed by atoms with van der Waals surface area (Å²) in [6.07, 6.45) is 0.727. The number of aliphatic imine (C=N–C) groups is 1. The second-order valence-electron chi connectivity index (χ2n) is 5.21. The highest BCUT2D eigenvalue weighted by Crippen LogP contribution is 2.11. The average Bonchev–Trinajstić information content (AvgIpc) is 2.92. The zero-order valence-corrected chi connectivity index (χ0v) is 12.5. The largest absolute Gasteiger partial charge is 0.370 e. The first-order valence-corrected chi connectivity index (χ1v) is 7.28. The van der Waals surface area contributed by atoms with Gasteiger partial charge in [-0.25, -0.2) is 4.98 Å². The number of rotatable bonds is 4. The second kappa shape index (κ2) is 6.30. The van der Waals surface area contributed by atoms with Crippen molar-refractivity contribution in [2.75, 3.05) is 11.9 Å². The Morgan fingerprint density at radius 2 is 1.95 bits per heavy atom. The molecule has 22 heavy (non-hydrogen) atoms. The van der Waals surface area contributed by atoms with Gasteiger partial charge < -0.3 is 16.0 Å². The van der Waals surface area contributed by atoms with Gasteiger partial charge in [-0.1, -0.05) is 29.8 Å². The molecule has 3 aromatic rings. The Morgan fingerprint density at radius 1 is 1.18 bits per heavy atom. The summed E-state index contributed by atoms with van der Waals surface area (Å²) >= 11 is 0. The number of nitrogens with zero attached hydrogens (tertiary/aromatic N) is 2. The van der Waals surface area contributed by atoms with Gasteiger partial charge in [0.25, 0.3) is 0 Å². The van der Waals surface area contributed by atoms with Crippen LogP contribution in [0.2, 0.25) is 0 Å². The SMILES string of the molecule is Cc1ccc(NC(N)=NCCc2nc3ccccc3[nH]2)cc1. The highest BCUT2D eigenvalue weighted by atomic mass is 15.1. The van der Waals surface area contributed by atoms with Crippen molar-refractivity contribution >= 4 is 22.7 Å². The Bertz CT molecular complexity index is 753. The van der Waals surface area contributed by atoms with E-state index in [4.69, 9.17) is 5.73 Å². The zero-order chi connectivity index (χ0) is 15.4. The van der Waals surface area contributed by atoms with Gasteiger partial charge in [-0.2, -0.15) is 0 Å². The molecule has 112 valence electrons. The van der Waals surface area contributed by atoms with E-state index in [9.17, 15) is 0 Å². The predicted molar refractivity (Wildman–Crippen MR) is 91.1 cm³/mol. The quantitative estimate of drug-likeness (QED) is 0.511. The molecular formula is C17H19N5. The molecule has 5 heteroatoms. The van der Waals surface area contributed by atoms with Crippen molar-refractivity contribution in [3.63, 3.8) is 0 Å². The molecular weight excluding hydrogens is 274 g/mol. The van der Waals surface area contributed by atoms with Gasteiger partial charge in [0, 0.05) is 18.7 Å². The van der Waals surface area contributed by atoms with Crippen molar-refractivity contribution in [3.8, 4) is 0 Å². The molecule has 0 fully saturated rings. The molecule has 0 aliphatic heterocycles. The van der Waals surface area contributed by atoms with Crippen LogP contribution < -0.4 is 11.1 Å². The zero-order valence-electron chi connectivity index (χ0n) is 12.5. The number of aromatic nitrogens is 2. The Kier molecular flexibility index (Phi) is 4.05. The lowest BCUT2D eigenvalue weighted by atomic mass is 10.2. The Hall–Kier alpha value is -2.82. The monoisotopic (exact) mass is 293 g/mol. The van der Waals surface area contributed by atoms with Crippen LogP contribution in [0, 0.1) is 6.92 Å². The molecule has 0 spiro atoms. The molecule has 0 amide bonds. The average molecular weight is 293 g/mol. The number of fused-ring (bicyclic) bond motifs is 1. The van der Waals surface area contributed by atoms with Gasteiger partial charge in [0.2, 0.25) is 0 Å². The summed E-state index contributed by atoms with van der Waals surface area (Å²) in [5.74, 6) is 1.34. The highest BCUT2D eigenvalue weighted by Gasteiger charge is 2.01. The number of nitrogens with two attached hydrogens (primary N) is 1. The summed E-state index contributed by atoms with van der Waals surface area (Å²) in [4.78, 5) is 12.1. The van der Waals surface area contributed by atoms with E-state index in [1.807, 2.05) is 48.5 Å². The Balaban J connectivity index is 1.57.